The lowest BCUT2D eigenvalue weighted by atomic mass is 10.1. The highest BCUT2D eigenvalue weighted by Gasteiger charge is 2.23. The molecule has 1 amide bonds. The first-order valence-electron chi connectivity index (χ1n) is 8.81. The van der Waals surface area contributed by atoms with Gasteiger partial charge >= 0.3 is 6.09 Å². The van der Waals surface area contributed by atoms with E-state index in [4.69, 9.17) is 9.15 Å². The summed E-state index contributed by atoms with van der Waals surface area (Å²) < 4.78 is 11.0. The molecule has 1 aromatic heterocycles. The highest BCUT2D eigenvalue weighted by molar-refractivity contribution is 6.16. The zero-order valence-electron chi connectivity index (χ0n) is 14.9. The number of amides is 1. The Bertz CT molecular complexity index is 1120. The molecule has 0 saturated heterocycles. The van der Waals surface area contributed by atoms with Crippen molar-refractivity contribution in [1.29, 1.82) is 0 Å². The molecule has 0 bridgehead atoms. The van der Waals surface area contributed by atoms with Gasteiger partial charge in [-0.25, -0.2) is 4.79 Å². The number of carbonyl (C=O) groups is 2. The SMILES string of the molecule is O=C(Nc1c(C(=O)c2ccccc2)oc2ccccc12)OCc1ccccc1. The highest BCUT2D eigenvalue weighted by Crippen LogP contribution is 2.32. The van der Waals surface area contributed by atoms with Gasteiger partial charge in [-0.15, -0.1) is 0 Å². The lowest BCUT2D eigenvalue weighted by Gasteiger charge is -2.07. The van der Waals surface area contributed by atoms with E-state index in [0.29, 0.717) is 22.2 Å². The van der Waals surface area contributed by atoms with E-state index in [-0.39, 0.29) is 18.2 Å². The normalized spacial score (nSPS) is 10.6. The first kappa shape index (κ1) is 17.5. The number of hydrogen-bond acceptors (Lipinski definition) is 4. The Balaban J connectivity index is 1.62. The van der Waals surface area contributed by atoms with E-state index in [1.165, 1.54) is 0 Å². The number of carbonyl (C=O) groups excluding carboxylic acids is 2. The molecule has 0 aliphatic heterocycles. The maximum Gasteiger partial charge on any atom is 0.412 e. The van der Waals surface area contributed by atoms with E-state index in [2.05, 4.69) is 5.32 Å². The summed E-state index contributed by atoms with van der Waals surface area (Å²) in [6.45, 7) is 0.129. The van der Waals surface area contributed by atoms with Crippen LogP contribution < -0.4 is 5.32 Å². The minimum Gasteiger partial charge on any atom is -0.450 e. The number of benzene rings is 3. The average Bonchev–Trinajstić information content (AvgIpc) is 3.11. The molecule has 1 heterocycles. The Hall–Kier alpha value is -3.86. The van der Waals surface area contributed by atoms with Crippen molar-refractivity contribution in [2.45, 2.75) is 6.61 Å². The van der Waals surface area contributed by atoms with Gasteiger partial charge in [-0.1, -0.05) is 72.8 Å². The third kappa shape index (κ3) is 3.64. The molecule has 4 aromatic rings. The molecular formula is C23H17NO4. The topological polar surface area (TPSA) is 68.5 Å². The number of nitrogens with one attached hydrogen (secondary N) is 1. The predicted octanol–water partition coefficient (Wildman–Crippen LogP) is 5.41. The van der Waals surface area contributed by atoms with Gasteiger partial charge in [0.15, 0.2) is 5.76 Å². The number of para-hydroxylation sites is 1. The Morgan fingerprint density at radius 2 is 1.46 bits per heavy atom. The summed E-state index contributed by atoms with van der Waals surface area (Å²) in [7, 11) is 0. The minimum absolute atomic E-state index is 0.0732. The highest BCUT2D eigenvalue weighted by atomic mass is 16.5. The molecule has 1 N–H and O–H groups in total. The summed E-state index contributed by atoms with van der Waals surface area (Å²) in [6, 6.07) is 25.3. The zero-order chi connectivity index (χ0) is 19.3. The molecule has 0 saturated carbocycles. The van der Waals surface area contributed by atoms with Gasteiger partial charge in [0.1, 0.15) is 17.9 Å². The van der Waals surface area contributed by atoms with Crippen molar-refractivity contribution in [1.82, 2.24) is 0 Å². The second-order valence-electron chi connectivity index (χ2n) is 6.18. The van der Waals surface area contributed by atoms with Gasteiger partial charge in [-0.2, -0.15) is 0 Å². The van der Waals surface area contributed by atoms with Crippen LogP contribution in [0.5, 0.6) is 0 Å². The Morgan fingerprint density at radius 1 is 0.821 bits per heavy atom. The van der Waals surface area contributed by atoms with Crippen molar-refractivity contribution in [3.05, 3.63) is 102 Å². The molecule has 5 nitrogen and oxygen atoms in total. The van der Waals surface area contributed by atoms with Crippen LogP contribution in [0, 0.1) is 0 Å². The summed E-state index contributed by atoms with van der Waals surface area (Å²) in [6.07, 6.45) is -0.655. The van der Waals surface area contributed by atoms with E-state index in [1.54, 1.807) is 42.5 Å². The lowest BCUT2D eigenvalue weighted by molar-refractivity contribution is 0.101. The van der Waals surface area contributed by atoms with E-state index in [9.17, 15) is 9.59 Å². The first-order valence-corrected chi connectivity index (χ1v) is 8.81. The van der Waals surface area contributed by atoms with Crippen LogP contribution in [0.4, 0.5) is 10.5 Å². The number of hydrogen-bond donors (Lipinski definition) is 1. The molecule has 138 valence electrons. The van der Waals surface area contributed by atoms with Gasteiger partial charge in [0, 0.05) is 10.9 Å². The second kappa shape index (κ2) is 7.80. The van der Waals surface area contributed by atoms with Crippen molar-refractivity contribution < 1.29 is 18.7 Å². The molecule has 4 rings (SSSR count). The molecule has 0 radical (unpaired) electrons. The number of fused-ring (bicyclic) bond motifs is 1. The Kier molecular flexibility index (Phi) is 4.89. The van der Waals surface area contributed by atoms with E-state index in [1.807, 2.05) is 42.5 Å². The molecule has 0 fully saturated rings. The largest absolute Gasteiger partial charge is 0.450 e. The molecule has 0 aliphatic rings. The number of furan rings is 1. The van der Waals surface area contributed by atoms with Gasteiger partial charge < -0.3 is 9.15 Å². The van der Waals surface area contributed by atoms with Crippen LogP contribution in [0.25, 0.3) is 11.0 Å². The summed E-state index contributed by atoms with van der Waals surface area (Å²) >= 11 is 0. The molecule has 0 unspecified atom stereocenters. The standard InChI is InChI=1S/C23H17NO4/c25-21(17-11-5-2-6-12-17)22-20(18-13-7-8-14-19(18)28-22)24-23(26)27-15-16-9-3-1-4-10-16/h1-14H,15H2,(H,24,26). The number of rotatable bonds is 5. The van der Waals surface area contributed by atoms with Crippen LogP contribution in [-0.2, 0) is 11.3 Å². The zero-order valence-corrected chi connectivity index (χ0v) is 14.9. The fourth-order valence-corrected chi connectivity index (χ4v) is 2.91. The number of ketones is 1. The van der Waals surface area contributed by atoms with E-state index in [0.717, 1.165) is 5.56 Å². The lowest BCUT2D eigenvalue weighted by Crippen LogP contribution is -2.15. The molecule has 0 aliphatic carbocycles. The smallest absolute Gasteiger partial charge is 0.412 e. The van der Waals surface area contributed by atoms with Crippen molar-refractivity contribution in [2.75, 3.05) is 5.32 Å². The van der Waals surface area contributed by atoms with Crippen LogP contribution >= 0.6 is 0 Å². The quantitative estimate of drug-likeness (QED) is 0.476. The summed E-state index contributed by atoms with van der Waals surface area (Å²) in [5, 5.41) is 3.32. The van der Waals surface area contributed by atoms with Crippen LogP contribution in [0.1, 0.15) is 21.7 Å². The van der Waals surface area contributed by atoms with Gasteiger partial charge in [-0.3, -0.25) is 10.1 Å². The third-order valence-electron chi connectivity index (χ3n) is 4.28. The number of anilines is 1. The van der Waals surface area contributed by atoms with E-state index < -0.39 is 6.09 Å². The van der Waals surface area contributed by atoms with Crippen molar-refractivity contribution in [3.8, 4) is 0 Å². The Morgan fingerprint density at radius 3 is 2.21 bits per heavy atom. The monoisotopic (exact) mass is 371 g/mol. The summed E-state index contributed by atoms with van der Waals surface area (Å²) in [5.41, 5.74) is 2.17. The summed E-state index contributed by atoms with van der Waals surface area (Å²) in [5.74, 6) is -0.237. The molecular weight excluding hydrogens is 354 g/mol. The predicted molar refractivity (Wildman–Crippen MR) is 106 cm³/mol. The van der Waals surface area contributed by atoms with E-state index >= 15 is 0 Å². The van der Waals surface area contributed by atoms with Crippen molar-refractivity contribution in [2.24, 2.45) is 0 Å². The third-order valence-corrected chi connectivity index (χ3v) is 4.28. The Labute approximate surface area is 161 Å². The molecule has 0 spiro atoms. The maximum absolute atomic E-state index is 12.9. The fraction of sp³-hybridized carbons (Fsp3) is 0.0435. The van der Waals surface area contributed by atoms with Gasteiger partial charge in [0.25, 0.3) is 0 Å². The van der Waals surface area contributed by atoms with Crippen LogP contribution in [0.15, 0.2) is 89.3 Å². The first-order chi connectivity index (χ1) is 13.7. The van der Waals surface area contributed by atoms with Crippen molar-refractivity contribution >= 4 is 28.5 Å². The van der Waals surface area contributed by atoms with Crippen LogP contribution in [0.2, 0.25) is 0 Å². The van der Waals surface area contributed by atoms with Crippen LogP contribution in [0.3, 0.4) is 0 Å². The molecule has 28 heavy (non-hydrogen) atoms. The van der Waals surface area contributed by atoms with Crippen molar-refractivity contribution in [3.63, 3.8) is 0 Å². The van der Waals surface area contributed by atoms with Gasteiger partial charge in [0.05, 0.1) is 0 Å². The molecule has 5 heteroatoms. The molecule has 3 aromatic carbocycles. The number of ether oxygens (including phenoxy) is 1. The molecule has 0 atom stereocenters. The minimum atomic E-state index is -0.655. The average molecular weight is 371 g/mol. The summed E-state index contributed by atoms with van der Waals surface area (Å²) in [4.78, 5) is 25.3. The second-order valence-corrected chi connectivity index (χ2v) is 6.18. The van der Waals surface area contributed by atoms with Gasteiger partial charge in [0.2, 0.25) is 5.78 Å². The van der Waals surface area contributed by atoms with Crippen LogP contribution in [-0.4, -0.2) is 11.9 Å². The maximum atomic E-state index is 12.9. The van der Waals surface area contributed by atoms with Gasteiger partial charge in [-0.05, 0) is 17.7 Å². The fourth-order valence-electron chi connectivity index (χ4n) is 2.91.